The number of rotatable bonds is 3. The summed E-state index contributed by atoms with van der Waals surface area (Å²) in [5, 5.41) is 18.5. The van der Waals surface area contributed by atoms with Gasteiger partial charge in [0.05, 0.1) is 11.3 Å². The maximum atomic E-state index is 10.6. The number of pyridine rings is 1. The first-order valence-electron chi connectivity index (χ1n) is 5.33. The molecule has 0 radical (unpaired) electrons. The molecule has 0 spiro atoms. The smallest absolute Gasteiger partial charge is 0.313 e. The fourth-order valence-electron chi connectivity index (χ4n) is 1.83. The lowest BCUT2D eigenvalue weighted by Gasteiger charge is -2.03. The third-order valence-electron chi connectivity index (χ3n) is 2.57. The van der Waals surface area contributed by atoms with Gasteiger partial charge in [-0.2, -0.15) is 0 Å². The Morgan fingerprint density at radius 3 is 2.89 bits per heavy atom. The van der Waals surface area contributed by atoms with E-state index in [1.54, 1.807) is 0 Å². The monoisotopic (exact) mass is 259 g/mol. The van der Waals surface area contributed by atoms with Crippen LogP contribution < -0.4 is 0 Å². The van der Waals surface area contributed by atoms with Gasteiger partial charge in [-0.3, -0.25) is 9.20 Å². The van der Waals surface area contributed by atoms with Crippen molar-refractivity contribution in [2.24, 2.45) is 0 Å². The van der Waals surface area contributed by atoms with Crippen LogP contribution in [0.2, 0.25) is 0 Å². The Balaban J connectivity index is 2.20. The minimum Gasteiger partial charge on any atom is -0.481 e. The molecule has 6 heteroatoms. The molecule has 0 amide bonds. The van der Waals surface area contributed by atoms with Crippen molar-refractivity contribution < 1.29 is 9.90 Å². The second-order valence-corrected chi connectivity index (χ2v) is 4.69. The summed E-state index contributed by atoms with van der Waals surface area (Å²) in [5.41, 5.74) is 1.70. The number of nitrogens with zero attached hydrogens (tertiary/aromatic N) is 3. The van der Waals surface area contributed by atoms with Crippen molar-refractivity contribution in [3.8, 4) is 0 Å². The van der Waals surface area contributed by atoms with Crippen molar-refractivity contribution in [3.63, 3.8) is 0 Å². The van der Waals surface area contributed by atoms with E-state index in [0.717, 1.165) is 16.6 Å². The maximum Gasteiger partial charge on any atom is 0.313 e. The van der Waals surface area contributed by atoms with Gasteiger partial charge in [-0.25, -0.2) is 0 Å². The summed E-state index contributed by atoms with van der Waals surface area (Å²) in [6.07, 6.45) is 0. The van der Waals surface area contributed by atoms with Crippen molar-refractivity contribution >= 4 is 34.3 Å². The summed E-state index contributed by atoms with van der Waals surface area (Å²) in [7, 11) is 0. The number of hydrogen-bond acceptors (Lipinski definition) is 4. The second kappa shape index (κ2) is 4.30. The number of benzene rings is 1. The van der Waals surface area contributed by atoms with Crippen LogP contribution in [0.1, 0.15) is 0 Å². The van der Waals surface area contributed by atoms with E-state index in [9.17, 15) is 4.79 Å². The summed E-state index contributed by atoms with van der Waals surface area (Å²) >= 11 is 1.17. The Kier molecular flexibility index (Phi) is 2.64. The highest BCUT2D eigenvalue weighted by molar-refractivity contribution is 7.99. The first-order valence-corrected chi connectivity index (χ1v) is 6.32. The summed E-state index contributed by atoms with van der Waals surface area (Å²) in [6.45, 7) is 0. The molecule has 5 nitrogen and oxygen atoms in total. The highest BCUT2D eigenvalue weighted by Gasteiger charge is 2.10. The lowest BCUT2D eigenvalue weighted by molar-refractivity contribution is -0.133. The van der Waals surface area contributed by atoms with Crippen molar-refractivity contribution in [1.82, 2.24) is 14.6 Å². The van der Waals surface area contributed by atoms with E-state index in [0.29, 0.717) is 5.16 Å². The van der Waals surface area contributed by atoms with E-state index in [1.165, 1.54) is 11.8 Å². The zero-order chi connectivity index (χ0) is 12.5. The molecule has 0 aliphatic rings. The summed E-state index contributed by atoms with van der Waals surface area (Å²) < 4.78 is 1.88. The molecule has 0 aliphatic carbocycles. The number of fused-ring (bicyclic) bond motifs is 3. The van der Waals surface area contributed by atoms with Gasteiger partial charge in [0.25, 0.3) is 0 Å². The number of aliphatic carboxylic acids is 1. The molecule has 2 aromatic heterocycles. The fourth-order valence-corrected chi connectivity index (χ4v) is 2.50. The topological polar surface area (TPSA) is 67.5 Å². The molecule has 0 unspecified atom stereocenters. The van der Waals surface area contributed by atoms with Crippen LogP contribution in [0.25, 0.3) is 16.6 Å². The molecule has 0 saturated heterocycles. The number of para-hydroxylation sites is 1. The normalized spacial score (nSPS) is 11.1. The van der Waals surface area contributed by atoms with Gasteiger partial charge in [0.15, 0.2) is 10.8 Å². The quantitative estimate of drug-likeness (QED) is 0.729. The van der Waals surface area contributed by atoms with E-state index in [2.05, 4.69) is 10.2 Å². The molecular formula is C12H9N3O2S. The molecule has 1 N–H and O–H groups in total. The van der Waals surface area contributed by atoms with E-state index >= 15 is 0 Å². The highest BCUT2D eigenvalue weighted by Crippen LogP contribution is 2.22. The SMILES string of the molecule is O=C(O)CSc1nnc2ccc3ccccc3n12. The van der Waals surface area contributed by atoms with Gasteiger partial charge in [0, 0.05) is 0 Å². The fraction of sp³-hybridized carbons (Fsp3) is 0.0833. The van der Waals surface area contributed by atoms with E-state index in [4.69, 9.17) is 5.11 Å². The van der Waals surface area contributed by atoms with E-state index < -0.39 is 5.97 Å². The second-order valence-electron chi connectivity index (χ2n) is 3.75. The average molecular weight is 259 g/mol. The van der Waals surface area contributed by atoms with Crippen LogP contribution >= 0.6 is 11.8 Å². The zero-order valence-electron chi connectivity index (χ0n) is 9.28. The number of carboxylic acid groups (broad SMARTS) is 1. The molecule has 0 saturated carbocycles. The predicted molar refractivity (Wildman–Crippen MR) is 68.9 cm³/mol. The van der Waals surface area contributed by atoms with Crippen LogP contribution in [0, 0.1) is 0 Å². The molecule has 0 bridgehead atoms. The third-order valence-corrected chi connectivity index (χ3v) is 3.49. The molecular weight excluding hydrogens is 250 g/mol. The zero-order valence-corrected chi connectivity index (χ0v) is 10.1. The van der Waals surface area contributed by atoms with Crippen molar-refractivity contribution in [1.29, 1.82) is 0 Å². The number of thioether (sulfide) groups is 1. The highest BCUT2D eigenvalue weighted by atomic mass is 32.2. The van der Waals surface area contributed by atoms with Crippen molar-refractivity contribution in [2.75, 3.05) is 5.75 Å². The Morgan fingerprint density at radius 1 is 1.22 bits per heavy atom. The lowest BCUT2D eigenvalue weighted by Crippen LogP contribution is -1.99. The number of carbonyl (C=O) groups is 1. The van der Waals surface area contributed by atoms with E-state index in [-0.39, 0.29) is 5.75 Å². The Morgan fingerprint density at radius 2 is 2.06 bits per heavy atom. The first-order chi connectivity index (χ1) is 8.75. The van der Waals surface area contributed by atoms with Crippen molar-refractivity contribution in [2.45, 2.75) is 5.16 Å². The first kappa shape index (κ1) is 11.0. The molecule has 18 heavy (non-hydrogen) atoms. The minimum atomic E-state index is -0.864. The molecule has 90 valence electrons. The molecule has 3 rings (SSSR count). The summed E-state index contributed by atoms with van der Waals surface area (Å²) in [5.74, 6) is -0.888. The van der Waals surface area contributed by atoms with E-state index in [1.807, 2.05) is 40.8 Å². The summed E-state index contributed by atoms with van der Waals surface area (Å²) in [4.78, 5) is 10.6. The van der Waals surface area contributed by atoms with Crippen LogP contribution in [-0.2, 0) is 4.79 Å². The predicted octanol–water partition coefficient (Wildman–Crippen LogP) is 2.06. The summed E-state index contributed by atoms with van der Waals surface area (Å²) in [6, 6.07) is 11.7. The number of aromatic nitrogens is 3. The number of carboxylic acids is 1. The van der Waals surface area contributed by atoms with Gasteiger partial charge in [-0.15, -0.1) is 10.2 Å². The Labute approximate surface area is 106 Å². The molecule has 3 aromatic rings. The maximum absolute atomic E-state index is 10.6. The average Bonchev–Trinajstić information content (AvgIpc) is 2.80. The van der Waals surface area contributed by atoms with Gasteiger partial charge >= 0.3 is 5.97 Å². The molecule has 2 heterocycles. The third kappa shape index (κ3) is 1.80. The Bertz CT molecular complexity index is 738. The van der Waals surface area contributed by atoms with Gasteiger partial charge in [0.2, 0.25) is 0 Å². The molecule has 1 aromatic carbocycles. The van der Waals surface area contributed by atoms with Crippen LogP contribution in [0.3, 0.4) is 0 Å². The standard InChI is InChI=1S/C12H9N3O2S/c16-11(17)7-18-12-14-13-10-6-5-8-3-1-2-4-9(8)15(10)12/h1-6H,7H2,(H,16,17). The minimum absolute atomic E-state index is 0.0238. The van der Waals surface area contributed by atoms with Crippen LogP contribution in [0.5, 0.6) is 0 Å². The van der Waals surface area contributed by atoms with Crippen LogP contribution in [0.4, 0.5) is 0 Å². The van der Waals surface area contributed by atoms with Gasteiger partial charge in [0.1, 0.15) is 0 Å². The van der Waals surface area contributed by atoms with Gasteiger partial charge in [-0.1, -0.05) is 30.0 Å². The van der Waals surface area contributed by atoms with Gasteiger partial charge in [-0.05, 0) is 23.6 Å². The molecule has 0 fully saturated rings. The lowest BCUT2D eigenvalue weighted by atomic mass is 10.2. The largest absolute Gasteiger partial charge is 0.481 e. The number of hydrogen-bond donors (Lipinski definition) is 1. The van der Waals surface area contributed by atoms with Crippen molar-refractivity contribution in [3.05, 3.63) is 36.4 Å². The molecule has 0 atom stereocenters. The molecule has 0 aliphatic heterocycles. The van der Waals surface area contributed by atoms with Crippen LogP contribution in [-0.4, -0.2) is 31.4 Å². The van der Waals surface area contributed by atoms with Crippen LogP contribution in [0.15, 0.2) is 41.6 Å². The Hall–Kier alpha value is -2.08. The van der Waals surface area contributed by atoms with Gasteiger partial charge < -0.3 is 5.11 Å².